The van der Waals surface area contributed by atoms with Gasteiger partial charge in [0.15, 0.2) is 0 Å². The van der Waals surface area contributed by atoms with Gasteiger partial charge in [0, 0.05) is 5.56 Å². The summed E-state index contributed by atoms with van der Waals surface area (Å²) in [5, 5.41) is 0. The minimum Gasteiger partial charge on any atom is -0.494 e. The normalized spacial score (nSPS) is 11.0. The maximum absolute atomic E-state index is 12.8. The average Bonchev–Trinajstić information content (AvgIpc) is 2.45. The smallest absolute Gasteiger partial charge is 0.265 e. The second kappa shape index (κ2) is 7.05. The van der Waals surface area contributed by atoms with Crippen molar-refractivity contribution in [1.82, 2.24) is 4.57 Å². The topological polar surface area (TPSA) is 31.2 Å². The number of hydrogen-bond acceptors (Lipinski definition) is 2. The summed E-state index contributed by atoms with van der Waals surface area (Å²) in [6.07, 6.45) is -2.60. The largest absolute Gasteiger partial charge is 0.494 e. The van der Waals surface area contributed by atoms with Crippen LogP contribution in [-0.4, -0.2) is 17.6 Å². The van der Waals surface area contributed by atoms with Crippen LogP contribution in [0.15, 0.2) is 39.6 Å². The summed E-state index contributed by atoms with van der Waals surface area (Å²) in [5.41, 5.74) is 1.59. The Bertz CT molecular complexity index is 729. The highest BCUT2D eigenvalue weighted by atomic mass is 79.9. The van der Waals surface area contributed by atoms with E-state index >= 15 is 0 Å². The number of hydrogen-bond donors (Lipinski definition) is 0. The molecule has 0 amide bonds. The van der Waals surface area contributed by atoms with Crippen LogP contribution in [0.5, 0.6) is 5.75 Å². The maximum Gasteiger partial charge on any atom is 0.265 e. The fourth-order valence-corrected chi connectivity index (χ4v) is 2.63. The zero-order chi connectivity index (χ0) is 16.3. The molecule has 1 aromatic carbocycles. The van der Waals surface area contributed by atoms with Crippen molar-refractivity contribution in [3.8, 4) is 17.0 Å². The van der Waals surface area contributed by atoms with Crippen molar-refractivity contribution in [2.45, 2.75) is 26.8 Å². The van der Waals surface area contributed by atoms with Gasteiger partial charge >= 0.3 is 0 Å². The molecule has 0 aliphatic rings. The molecule has 22 heavy (non-hydrogen) atoms. The molecule has 1 heterocycles. The molecule has 0 radical (unpaired) electrons. The molecule has 0 N–H and O–H groups in total. The highest BCUT2D eigenvalue weighted by molar-refractivity contribution is 9.10. The molecule has 0 unspecified atom stereocenters. The Hall–Kier alpha value is -1.69. The van der Waals surface area contributed by atoms with E-state index in [9.17, 15) is 13.6 Å². The van der Waals surface area contributed by atoms with E-state index in [1.165, 1.54) is 0 Å². The van der Waals surface area contributed by atoms with Gasteiger partial charge in [0.25, 0.3) is 12.0 Å². The lowest BCUT2D eigenvalue weighted by atomic mass is 10.0. The first-order chi connectivity index (χ1) is 10.4. The van der Waals surface area contributed by atoms with Crippen LogP contribution in [-0.2, 0) is 6.54 Å². The van der Waals surface area contributed by atoms with Gasteiger partial charge in [0.05, 0.1) is 23.3 Å². The summed E-state index contributed by atoms with van der Waals surface area (Å²) in [6, 6.07) is 8.63. The number of alkyl halides is 2. The van der Waals surface area contributed by atoms with Gasteiger partial charge in [0.1, 0.15) is 5.75 Å². The third-order valence-corrected chi connectivity index (χ3v) is 3.84. The van der Waals surface area contributed by atoms with Crippen molar-refractivity contribution < 1.29 is 13.5 Å². The van der Waals surface area contributed by atoms with Crippen molar-refractivity contribution in [3.63, 3.8) is 0 Å². The molecule has 0 atom stereocenters. The van der Waals surface area contributed by atoms with Crippen LogP contribution in [0.1, 0.15) is 12.5 Å². The van der Waals surface area contributed by atoms with Gasteiger partial charge in [-0.1, -0.05) is 0 Å². The second-order valence-corrected chi connectivity index (χ2v) is 5.64. The highest BCUT2D eigenvalue weighted by Gasteiger charge is 2.15. The number of nitrogens with zero attached hydrogens (tertiary/aromatic N) is 1. The Kier molecular flexibility index (Phi) is 5.34. The Balaban J connectivity index is 2.57. The lowest BCUT2D eigenvalue weighted by Gasteiger charge is -2.16. The van der Waals surface area contributed by atoms with Gasteiger partial charge in [-0.25, -0.2) is 8.78 Å². The monoisotopic (exact) mass is 371 g/mol. The van der Waals surface area contributed by atoms with E-state index in [2.05, 4.69) is 15.9 Å². The maximum atomic E-state index is 12.8. The lowest BCUT2D eigenvalue weighted by molar-refractivity contribution is 0.126. The SMILES string of the molecule is CCOc1ccc(-c2ccc(Br)c(=O)n2CC(F)F)c(C)c1. The first-order valence-electron chi connectivity index (χ1n) is 6.85. The van der Waals surface area contributed by atoms with Crippen LogP contribution in [0.25, 0.3) is 11.3 Å². The highest BCUT2D eigenvalue weighted by Crippen LogP contribution is 2.27. The quantitative estimate of drug-likeness (QED) is 0.786. The summed E-state index contributed by atoms with van der Waals surface area (Å²) in [7, 11) is 0. The standard InChI is InChI=1S/C16H16BrF2NO2/c1-3-22-11-4-5-12(10(2)8-11)14-7-6-13(17)16(21)20(14)9-15(18)19/h4-8,15H,3,9H2,1-2H3. The van der Waals surface area contributed by atoms with Gasteiger partial charge in [-0.2, -0.15) is 0 Å². The molecule has 118 valence electrons. The number of benzene rings is 1. The molecule has 0 aliphatic carbocycles. The molecular weight excluding hydrogens is 356 g/mol. The number of rotatable bonds is 5. The van der Waals surface area contributed by atoms with E-state index < -0.39 is 18.5 Å². The van der Waals surface area contributed by atoms with Crippen LogP contribution in [0.2, 0.25) is 0 Å². The second-order valence-electron chi connectivity index (χ2n) is 4.78. The van der Waals surface area contributed by atoms with Crippen LogP contribution >= 0.6 is 15.9 Å². The number of aryl methyl sites for hydroxylation is 1. The van der Waals surface area contributed by atoms with Crippen molar-refractivity contribution in [2.75, 3.05) is 6.61 Å². The zero-order valence-corrected chi connectivity index (χ0v) is 13.9. The Morgan fingerprint density at radius 1 is 1.27 bits per heavy atom. The van der Waals surface area contributed by atoms with Crippen LogP contribution in [0, 0.1) is 6.92 Å². The first kappa shape index (κ1) is 16.7. The van der Waals surface area contributed by atoms with E-state index in [-0.39, 0.29) is 4.47 Å². The minimum atomic E-state index is -2.60. The van der Waals surface area contributed by atoms with Gasteiger partial charge in [0.2, 0.25) is 0 Å². The van der Waals surface area contributed by atoms with Gasteiger partial charge in [-0.3, -0.25) is 4.79 Å². The Labute approximate surface area is 135 Å². The number of halogens is 3. The fraction of sp³-hybridized carbons (Fsp3) is 0.312. The Morgan fingerprint density at radius 2 is 2.00 bits per heavy atom. The summed E-state index contributed by atoms with van der Waals surface area (Å²) < 4.78 is 32.4. The van der Waals surface area contributed by atoms with Crippen molar-refractivity contribution in [3.05, 3.63) is 50.7 Å². The van der Waals surface area contributed by atoms with Crippen molar-refractivity contribution in [2.24, 2.45) is 0 Å². The fourth-order valence-electron chi connectivity index (χ4n) is 2.29. The molecule has 0 aliphatic heterocycles. The molecule has 0 saturated carbocycles. The van der Waals surface area contributed by atoms with Crippen molar-refractivity contribution in [1.29, 1.82) is 0 Å². The third kappa shape index (κ3) is 3.55. The van der Waals surface area contributed by atoms with E-state index in [1.54, 1.807) is 24.3 Å². The average molecular weight is 372 g/mol. The van der Waals surface area contributed by atoms with Crippen LogP contribution < -0.4 is 10.3 Å². The molecule has 2 aromatic rings. The summed E-state index contributed by atoms with van der Waals surface area (Å²) in [4.78, 5) is 12.1. The minimum absolute atomic E-state index is 0.264. The molecule has 1 aromatic heterocycles. The van der Waals surface area contributed by atoms with Gasteiger partial charge in [-0.05, 0) is 65.7 Å². The molecule has 2 rings (SSSR count). The summed E-state index contributed by atoms with van der Waals surface area (Å²) in [6.45, 7) is 3.66. The van der Waals surface area contributed by atoms with Gasteiger partial charge in [-0.15, -0.1) is 0 Å². The number of ether oxygens (including phenoxy) is 1. The Morgan fingerprint density at radius 3 is 2.59 bits per heavy atom. The molecule has 6 heteroatoms. The lowest BCUT2D eigenvalue weighted by Crippen LogP contribution is -2.25. The first-order valence-corrected chi connectivity index (χ1v) is 7.64. The zero-order valence-electron chi connectivity index (χ0n) is 12.3. The van der Waals surface area contributed by atoms with Crippen LogP contribution in [0.4, 0.5) is 8.78 Å². The van der Waals surface area contributed by atoms with Gasteiger partial charge < -0.3 is 9.30 Å². The molecule has 0 bridgehead atoms. The summed E-state index contributed by atoms with van der Waals surface area (Å²) >= 11 is 3.10. The number of pyridine rings is 1. The van der Waals surface area contributed by atoms with E-state index in [0.29, 0.717) is 18.1 Å². The molecule has 0 saturated heterocycles. The summed E-state index contributed by atoms with van der Waals surface area (Å²) in [5.74, 6) is 0.712. The van der Waals surface area contributed by atoms with Crippen LogP contribution in [0.3, 0.4) is 0 Å². The van der Waals surface area contributed by atoms with E-state index in [0.717, 1.165) is 15.7 Å². The van der Waals surface area contributed by atoms with E-state index in [4.69, 9.17) is 4.74 Å². The third-order valence-electron chi connectivity index (χ3n) is 3.23. The molecule has 0 fully saturated rings. The predicted octanol–water partition coefficient (Wildman–Crippen LogP) is 4.25. The molecule has 3 nitrogen and oxygen atoms in total. The molecular formula is C16H16BrF2NO2. The number of aromatic nitrogens is 1. The molecule has 0 spiro atoms. The van der Waals surface area contributed by atoms with E-state index in [1.807, 2.05) is 19.9 Å². The van der Waals surface area contributed by atoms with Crippen molar-refractivity contribution >= 4 is 15.9 Å². The predicted molar refractivity (Wildman–Crippen MR) is 85.7 cm³/mol.